The Labute approximate surface area is 222 Å². The lowest BCUT2D eigenvalue weighted by atomic mass is 9.50. The van der Waals surface area contributed by atoms with Crippen molar-refractivity contribution in [3.63, 3.8) is 0 Å². The maximum absolute atomic E-state index is 12.8. The van der Waals surface area contributed by atoms with E-state index < -0.39 is 66.0 Å². The molecule has 2 aliphatic heterocycles. The lowest BCUT2D eigenvalue weighted by Gasteiger charge is -2.61. The molecule has 210 valence electrons. The van der Waals surface area contributed by atoms with Crippen LogP contribution in [-0.2, 0) is 40.5 Å². The number of carboxylic acids is 2. The van der Waals surface area contributed by atoms with Crippen LogP contribution in [0.4, 0.5) is 0 Å². The highest BCUT2D eigenvalue weighted by Gasteiger charge is 2.72. The van der Waals surface area contributed by atoms with E-state index >= 15 is 0 Å². The number of aliphatic hydroxyl groups is 2. The van der Waals surface area contributed by atoms with Crippen molar-refractivity contribution in [3.8, 4) is 11.5 Å². The Morgan fingerprint density at radius 2 is 1.95 bits per heavy atom. The molecule has 1 aromatic rings. The minimum atomic E-state index is -2.09. The molecule has 4 N–H and O–H groups in total. The molecular formula is C26H29NO12. The lowest BCUT2D eigenvalue weighted by Crippen LogP contribution is -2.74. The number of methoxy groups -OCH3 is 1. The first-order valence-electron chi connectivity index (χ1n) is 12.5. The SMILES string of the molecule is COc1ccc2c3c1O[C@H]1C(OC(=O)C[C@H](O)C(=O)O[C@@H](CC(=O)O)C(=O)O)=CC[C@@]4(O)[C@@H](C2)N(C)CC[C@]314. The van der Waals surface area contributed by atoms with E-state index in [1.165, 1.54) is 7.11 Å². The largest absolute Gasteiger partial charge is 0.493 e. The number of piperidine rings is 1. The summed E-state index contributed by atoms with van der Waals surface area (Å²) in [5.74, 6) is -4.66. The number of aliphatic hydroxyl groups excluding tert-OH is 1. The summed E-state index contributed by atoms with van der Waals surface area (Å²) >= 11 is 0. The van der Waals surface area contributed by atoms with E-state index in [2.05, 4.69) is 9.64 Å². The van der Waals surface area contributed by atoms with Crippen molar-refractivity contribution >= 4 is 23.9 Å². The van der Waals surface area contributed by atoms with Crippen molar-refractivity contribution in [3.05, 3.63) is 35.1 Å². The Bertz CT molecular complexity index is 1280. The number of rotatable bonds is 9. The van der Waals surface area contributed by atoms with Gasteiger partial charge in [0.2, 0.25) is 6.10 Å². The second-order valence-corrected chi connectivity index (χ2v) is 10.3. The molecule has 13 nitrogen and oxygen atoms in total. The number of benzene rings is 1. The average Bonchev–Trinajstić information content (AvgIpc) is 3.22. The highest BCUT2D eigenvalue weighted by atomic mass is 16.6. The van der Waals surface area contributed by atoms with Gasteiger partial charge in [0.15, 0.2) is 23.7 Å². The number of hydrogen-bond donors (Lipinski definition) is 4. The van der Waals surface area contributed by atoms with Crippen molar-refractivity contribution in [2.75, 3.05) is 20.7 Å². The number of hydrogen-bond acceptors (Lipinski definition) is 11. The van der Waals surface area contributed by atoms with Crippen molar-refractivity contribution in [2.24, 2.45) is 0 Å². The van der Waals surface area contributed by atoms with Crippen molar-refractivity contribution in [1.29, 1.82) is 0 Å². The van der Waals surface area contributed by atoms with Crippen LogP contribution >= 0.6 is 0 Å². The average molecular weight is 548 g/mol. The molecule has 4 aliphatic rings. The fourth-order valence-electron chi connectivity index (χ4n) is 6.56. The fourth-order valence-corrected chi connectivity index (χ4v) is 6.56. The van der Waals surface area contributed by atoms with Crippen LogP contribution in [0.3, 0.4) is 0 Å². The topological polar surface area (TPSA) is 189 Å². The molecule has 39 heavy (non-hydrogen) atoms. The summed E-state index contributed by atoms with van der Waals surface area (Å²) in [6.45, 7) is 0.662. The molecule has 13 heteroatoms. The molecule has 2 heterocycles. The highest BCUT2D eigenvalue weighted by molar-refractivity contribution is 5.86. The third-order valence-corrected chi connectivity index (χ3v) is 8.32. The smallest absolute Gasteiger partial charge is 0.345 e. The van der Waals surface area contributed by atoms with Gasteiger partial charge < -0.3 is 44.3 Å². The molecule has 1 spiro atoms. The minimum absolute atomic E-state index is 0.119. The van der Waals surface area contributed by atoms with Crippen molar-refractivity contribution in [1.82, 2.24) is 4.90 Å². The fraction of sp³-hybridized carbons (Fsp3) is 0.538. The Hall–Kier alpha value is -3.68. The molecule has 0 unspecified atom stereocenters. The second-order valence-electron chi connectivity index (χ2n) is 10.3. The molecule has 1 saturated heterocycles. The van der Waals surface area contributed by atoms with Gasteiger partial charge in [0.25, 0.3) is 0 Å². The molecule has 1 fully saturated rings. The zero-order valence-corrected chi connectivity index (χ0v) is 21.3. The van der Waals surface area contributed by atoms with E-state index in [0.717, 1.165) is 11.1 Å². The van der Waals surface area contributed by atoms with Crippen LogP contribution in [0, 0.1) is 0 Å². The number of ether oxygens (including phenoxy) is 4. The standard InChI is InChI=1S/C26H29NO12/c1-27-8-7-25-20-12-3-4-14(36-2)21(20)39-22(25)15(5-6-26(25,35)17(27)9-12)37-19(31)10-13(28)24(34)38-16(23(32)33)11-18(29)30/h3-5,13,16-17,22,28,35H,6-11H2,1-2H3,(H,29,30)(H,32,33)/t13-,16-,17+,22-,25-,26+/m0/s1. The number of aliphatic carboxylic acids is 2. The number of carboxylic acid groups (broad SMARTS) is 2. The lowest BCUT2D eigenvalue weighted by molar-refractivity contribution is -0.176. The number of likely N-dealkylation sites (tertiary alicyclic amines) is 1. The van der Waals surface area contributed by atoms with E-state index in [4.69, 9.17) is 24.4 Å². The normalized spacial score (nSPS) is 29.7. The number of carbonyl (C=O) groups excluding carboxylic acids is 2. The molecule has 0 saturated carbocycles. The van der Waals surface area contributed by atoms with Gasteiger partial charge in [-0.3, -0.25) is 9.59 Å². The summed E-state index contributed by atoms with van der Waals surface area (Å²) < 4.78 is 22.0. The summed E-state index contributed by atoms with van der Waals surface area (Å²) in [7, 11) is 3.47. The third kappa shape index (κ3) is 4.03. The number of nitrogens with zero attached hydrogens (tertiary/aromatic N) is 1. The molecule has 6 atom stereocenters. The maximum atomic E-state index is 12.8. The van der Waals surface area contributed by atoms with Gasteiger partial charge in [-0.1, -0.05) is 6.07 Å². The zero-order chi connectivity index (χ0) is 28.3. The first-order valence-corrected chi connectivity index (χ1v) is 12.5. The highest BCUT2D eigenvalue weighted by Crippen LogP contribution is 2.65. The van der Waals surface area contributed by atoms with Crippen molar-refractivity contribution in [2.45, 2.75) is 67.5 Å². The molecule has 2 aliphatic carbocycles. The van der Waals surface area contributed by atoms with Gasteiger partial charge in [0, 0.05) is 18.0 Å². The van der Waals surface area contributed by atoms with Crippen LogP contribution in [0.25, 0.3) is 0 Å². The predicted molar refractivity (Wildman–Crippen MR) is 128 cm³/mol. The predicted octanol–water partition coefficient (Wildman–Crippen LogP) is -0.262. The van der Waals surface area contributed by atoms with Crippen LogP contribution in [0.15, 0.2) is 24.0 Å². The van der Waals surface area contributed by atoms with Crippen LogP contribution in [-0.4, -0.2) is 99.9 Å². The Morgan fingerprint density at radius 1 is 1.21 bits per heavy atom. The minimum Gasteiger partial charge on any atom is -0.493 e. The molecule has 0 aromatic heterocycles. The Kier molecular flexibility index (Phi) is 6.56. The van der Waals surface area contributed by atoms with E-state index in [1.807, 2.05) is 13.1 Å². The summed E-state index contributed by atoms with van der Waals surface area (Å²) in [4.78, 5) is 49.0. The van der Waals surface area contributed by atoms with Crippen molar-refractivity contribution < 1.29 is 58.6 Å². The summed E-state index contributed by atoms with van der Waals surface area (Å²) in [6, 6.07) is 3.55. The number of likely N-dealkylation sites (N-methyl/N-ethyl adjacent to an activating group) is 1. The summed E-state index contributed by atoms with van der Waals surface area (Å²) in [6.07, 6.45) is -4.04. The van der Waals surface area contributed by atoms with E-state index in [-0.39, 0.29) is 18.2 Å². The monoisotopic (exact) mass is 547 g/mol. The van der Waals surface area contributed by atoms with Gasteiger partial charge in [0.1, 0.15) is 5.76 Å². The van der Waals surface area contributed by atoms with Gasteiger partial charge in [-0.15, -0.1) is 0 Å². The van der Waals surface area contributed by atoms with E-state index in [0.29, 0.717) is 30.9 Å². The molecule has 2 bridgehead atoms. The first-order chi connectivity index (χ1) is 18.4. The van der Waals surface area contributed by atoms with Crippen LogP contribution in [0.2, 0.25) is 0 Å². The van der Waals surface area contributed by atoms with Gasteiger partial charge in [-0.25, -0.2) is 9.59 Å². The molecular weight excluding hydrogens is 518 g/mol. The van der Waals surface area contributed by atoms with Crippen LogP contribution in [0.5, 0.6) is 11.5 Å². The number of esters is 2. The quantitative estimate of drug-likeness (QED) is 0.296. The maximum Gasteiger partial charge on any atom is 0.345 e. The summed E-state index contributed by atoms with van der Waals surface area (Å²) in [5.41, 5.74) is -0.295. The zero-order valence-electron chi connectivity index (χ0n) is 21.3. The van der Waals surface area contributed by atoms with Gasteiger partial charge in [-0.2, -0.15) is 0 Å². The van der Waals surface area contributed by atoms with Gasteiger partial charge >= 0.3 is 23.9 Å². The van der Waals surface area contributed by atoms with Gasteiger partial charge in [-0.05, 0) is 44.1 Å². The summed E-state index contributed by atoms with van der Waals surface area (Å²) in [5, 5.41) is 40.1. The molecule has 5 rings (SSSR count). The third-order valence-electron chi connectivity index (χ3n) is 8.32. The van der Waals surface area contributed by atoms with Crippen LogP contribution in [0.1, 0.15) is 36.8 Å². The van der Waals surface area contributed by atoms with Crippen LogP contribution < -0.4 is 9.47 Å². The Morgan fingerprint density at radius 3 is 2.62 bits per heavy atom. The van der Waals surface area contributed by atoms with E-state index in [9.17, 15) is 29.4 Å². The molecule has 0 radical (unpaired) electrons. The number of carbonyl (C=O) groups is 4. The van der Waals surface area contributed by atoms with E-state index in [1.54, 1.807) is 12.1 Å². The first kappa shape index (κ1) is 26.9. The molecule has 0 amide bonds. The Balaban J connectivity index is 1.38. The van der Waals surface area contributed by atoms with Gasteiger partial charge in [0.05, 0.1) is 31.0 Å². The second kappa shape index (κ2) is 9.50. The molecule has 1 aromatic carbocycles.